The Hall–Kier alpha value is -0.910. The van der Waals surface area contributed by atoms with E-state index in [9.17, 15) is 5.11 Å². The number of hydrogen-bond acceptors (Lipinski definition) is 5. The lowest BCUT2D eigenvalue weighted by Crippen LogP contribution is -1.97. The van der Waals surface area contributed by atoms with Crippen LogP contribution in [-0.2, 0) is 0 Å². The van der Waals surface area contributed by atoms with Crippen LogP contribution in [-0.4, -0.2) is 15.1 Å². The van der Waals surface area contributed by atoms with Gasteiger partial charge >= 0.3 is 0 Å². The maximum Gasteiger partial charge on any atom is 0.154 e. The highest BCUT2D eigenvalue weighted by Crippen LogP contribution is 2.29. The molecule has 16 heavy (non-hydrogen) atoms. The van der Waals surface area contributed by atoms with Crippen LogP contribution in [0.25, 0.3) is 0 Å². The number of nitrogens with zero attached hydrogens (tertiary/aromatic N) is 2. The average Bonchev–Trinajstić information content (AvgIpc) is 2.82. The predicted molar refractivity (Wildman–Crippen MR) is 65.7 cm³/mol. The van der Waals surface area contributed by atoms with Gasteiger partial charge in [0.1, 0.15) is 0 Å². The van der Waals surface area contributed by atoms with Crippen LogP contribution in [0.15, 0.2) is 39.1 Å². The summed E-state index contributed by atoms with van der Waals surface area (Å²) < 4.78 is 1.01. The van der Waals surface area contributed by atoms with Crippen molar-refractivity contribution in [3.63, 3.8) is 0 Å². The van der Waals surface area contributed by atoms with Crippen molar-refractivity contribution in [2.24, 2.45) is 0 Å². The van der Waals surface area contributed by atoms with Crippen molar-refractivity contribution < 1.29 is 5.11 Å². The van der Waals surface area contributed by atoms with Gasteiger partial charge in [-0.25, -0.2) is 4.98 Å². The van der Waals surface area contributed by atoms with Crippen molar-refractivity contribution in [1.29, 1.82) is 0 Å². The second-order valence-corrected chi connectivity index (χ2v) is 5.46. The quantitative estimate of drug-likeness (QED) is 0.908. The molecule has 1 atom stereocenters. The van der Waals surface area contributed by atoms with Gasteiger partial charge in [0.2, 0.25) is 0 Å². The Morgan fingerprint density at radius 1 is 1.44 bits per heavy atom. The summed E-state index contributed by atoms with van der Waals surface area (Å²) in [6, 6.07) is 3.83. The molecule has 2 aromatic rings. The second-order valence-electron chi connectivity index (χ2n) is 3.24. The number of rotatable bonds is 4. The van der Waals surface area contributed by atoms with Crippen LogP contribution in [0.5, 0.6) is 0 Å². The third-order valence-corrected chi connectivity index (χ3v) is 3.96. The first-order chi connectivity index (χ1) is 7.79. The molecule has 0 saturated heterocycles. The first-order valence-corrected chi connectivity index (χ1v) is 6.70. The number of aliphatic hydroxyl groups excluding tert-OH is 1. The van der Waals surface area contributed by atoms with Crippen molar-refractivity contribution in [3.05, 3.63) is 35.6 Å². The fourth-order valence-corrected chi connectivity index (χ4v) is 2.78. The Morgan fingerprint density at radius 3 is 2.88 bits per heavy atom. The van der Waals surface area contributed by atoms with Gasteiger partial charge in [-0.2, -0.15) is 0 Å². The number of pyridine rings is 1. The lowest BCUT2D eigenvalue weighted by atomic mass is 10.2. The summed E-state index contributed by atoms with van der Waals surface area (Å²) >= 11 is 3.19. The highest BCUT2D eigenvalue weighted by atomic mass is 32.2. The Kier molecular flexibility index (Phi) is 3.93. The van der Waals surface area contributed by atoms with Crippen LogP contribution in [0.2, 0.25) is 0 Å². The van der Waals surface area contributed by atoms with Crippen LogP contribution in [0, 0.1) is 0 Å². The van der Waals surface area contributed by atoms with Gasteiger partial charge in [0, 0.05) is 22.7 Å². The molecule has 0 radical (unpaired) electrons. The molecule has 0 bridgehead atoms. The Morgan fingerprint density at radius 2 is 2.31 bits per heavy atom. The fraction of sp³-hybridized carbons (Fsp3) is 0.273. The number of aromatic nitrogens is 2. The zero-order valence-corrected chi connectivity index (χ0v) is 10.5. The zero-order chi connectivity index (χ0) is 11.4. The fourth-order valence-electron chi connectivity index (χ4n) is 1.22. The molecule has 0 fully saturated rings. The molecule has 0 aromatic carbocycles. The van der Waals surface area contributed by atoms with E-state index in [2.05, 4.69) is 9.97 Å². The van der Waals surface area contributed by atoms with E-state index >= 15 is 0 Å². The van der Waals surface area contributed by atoms with Crippen LogP contribution < -0.4 is 0 Å². The summed E-state index contributed by atoms with van der Waals surface area (Å²) in [4.78, 5) is 9.47. The highest BCUT2D eigenvalue weighted by Gasteiger charge is 2.06. The predicted octanol–water partition coefficient (Wildman–Crippen LogP) is 3.13. The molecule has 1 unspecified atom stereocenters. The van der Waals surface area contributed by atoms with Gasteiger partial charge in [-0.05, 0) is 18.6 Å². The molecule has 1 N–H and O–H groups in total. The minimum absolute atomic E-state index is 0.459. The monoisotopic (exact) mass is 252 g/mol. The molecule has 84 valence electrons. The van der Waals surface area contributed by atoms with Crippen LogP contribution >= 0.6 is 23.1 Å². The topological polar surface area (TPSA) is 46.0 Å². The summed E-state index contributed by atoms with van der Waals surface area (Å²) in [5.41, 5.74) is 0.728. The van der Waals surface area contributed by atoms with Gasteiger partial charge in [-0.15, -0.1) is 11.3 Å². The lowest BCUT2D eigenvalue weighted by Gasteiger charge is -2.06. The van der Waals surface area contributed by atoms with E-state index in [1.165, 1.54) is 0 Å². The number of aliphatic hydroxyl groups is 1. The van der Waals surface area contributed by atoms with E-state index in [-0.39, 0.29) is 0 Å². The Balaban J connectivity index is 2.07. The van der Waals surface area contributed by atoms with E-state index in [4.69, 9.17) is 0 Å². The van der Waals surface area contributed by atoms with E-state index in [0.29, 0.717) is 6.42 Å². The van der Waals surface area contributed by atoms with Crippen LogP contribution in [0.1, 0.15) is 25.1 Å². The van der Waals surface area contributed by atoms with Crippen molar-refractivity contribution in [2.75, 3.05) is 0 Å². The van der Waals surface area contributed by atoms with Gasteiger partial charge < -0.3 is 5.11 Å². The molecule has 2 rings (SSSR count). The third kappa shape index (κ3) is 2.81. The van der Waals surface area contributed by atoms with Crippen molar-refractivity contribution in [1.82, 2.24) is 9.97 Å². The third-order valence-electron chi connectivity index (χ3n) is 2.10. The molecular weight excluding hydrogens is 240 g/mol. The molecule has 2 heterocycles. The largest absolute Gasteiger partial charge is 0.387 e. The summed E-state index contributed by atoms with van der Waals surface area (Å²) in [6.45, 7) is 1.94. The summed E-state index contributed by atoms with van der Waals surface area (Å²) in [6.07, 6.45) is 3.79. The van der Waals surface area contributed by atoms with E-state index in [1.807, 2.05) is 24.4 Å². The molecule has 0 aliphatic carbocycles. The van der Waals surface area contributed by atoms with E-state index in [1.54, 1.807) is 35.5 Å². The minimum Gasteiger partial charge on any atom is -0.387 e. The second kappa shape index (κ2) is 5.43. The molecule has 2 aromatic heterocycles. The smallest absolute Gasteiger partial charge is 0.154 e. The standard InChI is InChI=1S/C11H12N2OS2/c1-2-10(14)9-4-3-8(7-13-9)16-11-12-5-6-15-11/h3-7,10,14H,2H2,1H3. The normalized spacial score (nSPS) is 12.6. The number of thiazole rings is 1. The molecule has 5 heteroatoms. The Bertz CT molecular complexity index is 428. The maximum absolute atomic E-state index is 9.60. The van der Waals surface area contributed by atoms with Crippen molar-refractivity contribution in [3.8, 4) is 0 Å². The first-order valence-electron chi connectivity index (χ1n) is 5.01. The van der Waals surface area contributed by atoms with E-state index < -0.39 is 6.10 Å². The van der Waals surface area contributed by atoms with Gasteiger partial charge in [0.15, 0.2) is 4.34 Å². The van der Waals surface area contributed by atoms with Crippen LogP contribution in [0.3, 0.4) is 0 Å². The van der Waals surface area contributed by atoms with Gasteiger partial charge in [-0.1, -0.05) is 18.7 Å². The molecule has 0 spiro atoms. The summed E-state index contributed by atoms with van der Waals surface area (Å²) in [7, 11) is 0. The molecule has 0 aliphatic rings. The SMILES string of the molecule is CCC(O)c1ccc(Sc2nccs2)cn1. The summed E-state index contributed by atoms with van der Waals surface area (Å²) in [5, 5.41) is 11.5. The average molecular weight is 252 g/mol. The van der Waals surface area contributed by atoms with Gasteiger partial charge in [-0.3, -0.25) is 4.98 Å². The van der Waals surface area contributed by atoms with E-state index in [0.717, 1.165) is 14.9 Å². The lowest BCUT2D eigenvalue weighted by molar-refractivity contribution is 0.169. The first kappa shape index (κ1) is 11.6. The molecule has 0 amide bonds. The van der Waals surface area contributed by atoms with Crippen molar-refractivity contribution >= 4 is 23.1 Å². The van der Waals surface area contributed by atoms with Gasteiger partial charge in [0.05, 0.1) is 11.8 Å². The molecule has 0 aliphatic heterocycles. The van der Waals surface area contributed by atoms with Crippen LogP contribution in [0.4, 0.5) is 0 Å². The maximum atomic E-state index is 9.60. The zero-order valence-electron chi connectivity index (χ0n) is 8.83. The highest BCUT2D eigenvalue weighted by molar-refractivity contribution is 8.01. The minimum atomic E-state index is -0.459. The Labute approximate surface area is 103 Å². The van der Waals surface area contributed by atoms with Gasteiger partial charge in [0.25, 0.3) is 0 Å². The number of hydrogen-bond donors (Lipinski definition) is 1. The molecule has 3 nitrogen and oxygen atoms in total. The summed E-state index contributed by atoms with van der Waals surface area (Å²) in [5.74, 6) is 0. The molecule has 0 saturated carbocycles. The molecular formula is C11H12N2OS2. The van der Waals surface area contributed by atoms with Crippen molar-refractivity contribution in [2.45, 2.75) is 28.7 Å².